The quantitative estimate of drug-likeness (QED) is 0.683. The Hall–Kier alpha value is -1.04. The molecule has 0 saturated heterocycles. The summed E-state index contributed by atoms with van der Waals surface area (Å²) in [5.41, 5.74) is -2.55. The highest BCUT2D eigenvalue weighted by Gasteiger charge is 2.66. The van der Waals surface area contributed by atoms with Gasteiger partial charge in [0.15, 0.2) is 11.6 Å². The fraction of sp³-hybridized carbons (Fsp3) is 0.818. The van der Waals surface area contributed by atoms with Crippen molar-refractivity contribution in [3.63, 3.8) is 0 Å². The van der Waals surface area contributed by atoms with Crippen molar-refractivity contribution in [1.29, 1.82) is 0 Å². The zero-order valence-corrected chi connectivity index (χ0v) is 16.8. The topological polar surface area (TPSA) is 94.8 Å². The summed E-state index contributed by atoms with van der Waals surface area (Å²) >= 11 is 0. The summed E-state index contributed by atoms with van der Waals surface area (Å²) in [5.74, 6) is -0.0889. The molecule has 0 aromatic rings. The molecule has 0 radical (unpaired) electrons. The van der Waals surface area contributed by atoms with Crippen molar-refractivity contribution in [3.8, 4) is 0 Å². The van der Waals surface area contributed by atoms with E-state index in [1.807, 2.05) is 13.0 Å². The minimum atomic E-state index is -1.57. The van der Waals surface area contributed by atoms with Crippen molar-refractivity contribution in [2.45, 2.75) is 77.4 Å². The number of aliphatic hydroxyl groups is 3. The summed E-state index contributed by atoms with van der Waals surface area (Å²) in [5, 5.41) is 31.9. The Morgan fingerprint density at radius 1 is 1.30 bits per heavy atom. The van der Waals surface area contributed by atoms with Gasteiger partial charge in [-0.2, -0.15) is 0 Å². The van der Waals surface area contributed by atoms with Gasteiger partial charge in [0, 0.05) is 11.8 Å². The smallest absolute Gasteiger partial charge is 0.190 e. The predicted molar refractivity (Wildman–Crippen MR) is 102 cm³/mol. The van der Waals surface area contributed by atoms with E-state index in [1.165, 1.54) is 0 Å². The number of carbonyl (C=O) groups excluding carboxylic acids is 2. The second kappa shape index (κ2) is 7.09. The zero-order chi connectivity index (χ0) is 20.0. The Labute approximate surface area is 161 Å². The number of carbonyl (C=O) groups is 2. The Morgan fingerprint density at radius 2 is 2.00 bits per heavy atom. The summed E-state index contributed by atoms with van der Waals surface area (Å²) in [4.78, 5) is 24.1. The van der Waals surface area contributed by atoms with E-state index >= 15 is 0 Å². The van der Waals surface area contributed by atoms with Crippen molar-refractivity contribution in [3.05, 3.63) is 12.2 Å². The zero-order valence-electron chi connectivity index (χ0n) is 16.8. The maximum atomic E-state index is 12.4. The van der Waals surface area contributed by atoms with Gasteiger partial charge in [-0.3, -0.25) is 9.59 Å². The number of fused-ring (bicyclic) bond motifs is 1. The van der Waals surface area contributed by atoms with Gasteiger partial charge in [-0.05, 0) is 54.9 Å². The minimum Gasteiger partial charge on any atom is -0.393 e. The molecule has 27 heavy (non-hydrogen) atoms. The number of allylic oxidation sites excluding steroid dienone is 2. The van der Waals surface area contributed by atoms with E-state index in [0.717, 1.165) is 25.7 Å². The van der Waals surface area contributed by atoms with Gasteiger partial charge in [0.2, 0.25) is 0 Å². The van der Waals surface area contributed by atoms with Gasteiger partial charge in [-0.15, -0.1) is 0 Å². The van der Waals surface area contributed by atoms with E-state index in [4.69, 9.17) is 0 Å². The Bertz CT molecular complexity index is 643. The number of hydrogen-bond acceptors (Lipinski definition) is 5. The number of hydrogen-bond donors (Lipinski definition) is 3. The van der Waals surface area contributed by atoms with Gasteiger partial charge >= 0.3 is 0 Å². The third-order valence-corrected chi connectivity index (χ3v) is 8.15. The van der Waals surface area contributed by atoms with Crippen LogP contribution in [-0.4, -0.2) is 45.2 Å². The molecule has 3 N–H and O–H groups in total. The van der Waals surface area contributed by atoms with E-state index < -0.39 is 29.5 Å². The van der Waals surface area contributed by atoms with Crippen molar-refractivity contribution in [2.75, 3.05) is 6.61 Å². The maximum absolute atomic E-state index is 12.4. The molecule has 152 valence electrons. The van der Waals surface area contributed by atoms with Gasteiger partial charge in [0.1, 0.15) is 12.2 Å². The minimum absolute atomic E-state index is 0.00598. The molecule has 0 amide bonds. The third kappa shape index (κ3) is 3.02. The fourth-order valence-corrected chi connectivity index (χ4v) is 6.73. The first-order valence-electron chi connectivity index (χ1n) is 10.4. The summed E-state index contributed by atoms with van der Waals surface area (Å²) in [6.45, 7) is 5.51. The Kier molecular flexibility index (Phi) is 5.43. The first kappa shape index (κ1) is 20.7. The fourth-order valence-electron chi connectivity index (χ4n) is 6.73. The van der Waals surface area contributed by atoms with Gasteiger partial charge < -0.3 is 15.3 Å². The van der Waals surface area contributed by atoms with E-state index in [-0.39, 0.29) is 29.0 Å². The summed E-state index contributed by atoms with van der Waals surface area (Å²) in [7, 11) is 0. The first-order valence-corrected chi connectivity index (χ1v) is 10.4. The van der Waals surface area contributed by atoms with Crippen LogP contribution in [0.4, 0.5) is 0 Å². The molecule has 7 atom stereocenters. The van der Waals surface area contributed by atoms with Crippen LogP contribution in [0.1, 0.15) is 65.7 Å². The van der Waals surface area contributed by atoms with Crippen LogP contribution in [0.15, 0.2) is 12.2 Å². The lowest BCUT2D eigenvalue weighted by Crippen LogP contribution is -2.60. The molecule has 0 aromatic heterocycles. The highest BCUT2D eigenvalue weighted by molar-refractivity contribution is 5.90. The average molecular weight is 379 g/mol. The molecule has 3 aliphatic carbocycles. The summed E-state index contributed by atoms with van der Waals surface area (Å²) < 4.78 is 0. The van der Waals surface area contributed by atoms with Crippen LogP contribution >= 0.6 is 0 Å². The van der Waals surface area contributed by atoms with Gasteiger partial charge in [0.25, 0.3) is 0 Å². The van der Waals surface area contributed by atoms with Crippen LogP contribution in [0.2, 0.25) is 0 Å². The van der Waals surface area contributed by atoms with Gasteiger partial charge in [-0.25, -0.2) is 0 Å². The number of rotatable bonds is 5. The van der Waals surface area contributed by atoms with E-state index in [9.17, 15) is 24.9 Å². The number of aliphatic hydroxyl groups excluding tert-OH is 2. The van der Waals surface area contributed by atoms with Crippen LogP contribution < -0.4 is 0 Å². The summed E-state index contributed by atoms with van der Waals surface area (Å²) in [6, 6.07) is 0. The molecule has 0 spiro atoms. The summed E-state index contributed by atoms with van der Waals surface area (Å²) in [6.07, 6.45) is 7.53. The average Bonchev–Trinajstić information content (AvgIpc) is 2.89. The molecule has 3 aliphatic rings. The number of Topliss-reactive ketones (excluding diaryl/α,β-unsaturated/α-hetero) is 1. The molecule has 2 fully saturated rings. The van der Waals surface area contributed by atoms with Crippen LogP contribution in [-0.2, 0) is 9.59 Å². The highest BCUT2D eigenvalue weighted by Crippen LogP contribution is 2.64. The van der Waals surface area contributed by atoms with Gasteiger partial charge in [-0.1, -0.05) is 39.7 Å². The van der Waals surface area contributed by atoms with Crippen molar-refractivity contribution < 1.29 is 24.9 Å². The molecule has 2 saturated carbocycles. The molecule has 5 heteroatoms. The second-order valence-electron chi connectivity index (χ2n) is 9.56. The molecule has 0 heterocycles. The monoisotopic (exact) mass is 378 g/mol. The lowest BCUT2D eigenvalue weighted by atomic mass is 9.49. The molecular weight excluding hydrogens is 344 g/mol. The third-order valence-electron chi connectivity index (χ3n) is 8.15. The van der Waals surface area contributed by atoms with Crippen LogP contribution in [0.25, 0.3) is 0 Å². The molecule has 3 rings (SSSR count). The molecule has 0 bridgehead atoms. The van der Waals surface area contributed by atoms with E-state index in [1.54, 1.807) is 6.08 Å². The van der Waals surface area contributed by atoms with Crippen molar-refractivity contribution in [2.24, 2.45) is 28.6 Å². The molecule has 0 aromatic carbocycles. The SMILES string of the molecule is CCCC1C2CC[C@](O)(C(=O)CO)[C@@]2(C)C[C@H](O)C1[C@]1(C)C=CC(=O)CC1. The highest BCUT2D eigenvalue weighted by atomic mass is 16.3. The Morgan fingerprint density at radius 3 is 2.56 bits per heavy atom. The van der Waals surface area contributed by atoms with Crippen molar-refractivity contribution in [1.82, 2.24) is 0 Å². The lowest BCUT2D eigenvalue weighted by Gasteiger charge is -2.57. The first-order chi connectivity index (χ1) is 12.6. The van der Waals surface area contributed by atoms with Gasteiger partial charge in [0.05, 0.1) is 6.10 Å². The molecule has 0 aliphatic heterocycles. The lowest BCUT2D eigenvalue weighted by molar-refractivity contribution is -0.178. The maximum Gasteiger partial charge on any atom is 0.190 e. The van der Waals surface area contributed by atoms with Crippen LogP contribution in [0.5, 0.6) is 0 Å². The normalized spacial score (nSPS) is 47.1. The largest absolute Gasteiger partial charge is 0.393 e. The van der Waals surface area contributed by atoms with E-state index in [0.29, 0.717) is 19.3 Å². The molecule has 5 nitrogen and oxygen atoms in total. The molecule has 3 unspecified atom stereocenters. The van der Waals surface area contributed by atoms with E-state index in [2.05, 4.69) is 13.8 Å². The molecular formula is C22H34O5. The standard InChI is InChI=1S/C22H34O5/c1-4-5-15-16-8-11-22(27,18(26)13-23)21(16,3)12-17(25)19(15)20(2)9-6-14(24)7-10-20/h6,9,15-17,19,23,25,27H,4-5,7-8,10-13H2,1-3H3/t15?,16?,17-,19?,20+,21-,22-/m0/s1. The number of ketones is 2. The van der Waals surface area contributed by atoms with Crippen LogP contribution in [0.3, 0.4) is 0 Å². The Balaban J connectivity index is 2.01. The second-order valence-corrected chi connectivity index (χ2v) is 9.56. The van der Waals surface area contributed by atoms with Crippen LogP contribution in [0, 0.1) is 28.6 Å². The predicted octanol–water partition coefficient (Wildman–Crippen LogP) is 2.42. The van der Waals surface area contributed by atoms with Crippen molar-refractivity contribution >= 4 is 11.6 Å².